The Morgan fingerprint density at radius 1 is 1.00 bits per heavy atom. The van der Waals surface area contributed by atoms with Gasteiger partial charge in [0, 0.05) is 23.5 Å². The lowest BCUT2D eigenvalue weighted by Crippen LogP contribution is -2.52. The summed E-state index contributed by atoms with van der Waals surface area (Å²) < 4.78 is 0. The Morgan fingerprint density at radius 2 is 1.78 bits per heavy atom. The zero-order chi connectivity index (χ0) is 18.9. The number of carbonyl (C=O) groups excluding carboxylic acids is 2. The number of fused-ring (bicyclic) bond motifs is 1. The first kappa shape index (κ1) is 17.7. The van der Waals surface area contributed by atoms with Gasteiger partial charge >= 0.3 is 0 Å². The molecule has 140 valence electrons. The summed E-state index contributed by atoms with van der Waals surface area (Å²) in [5.41, 5.74) is 8.87. The second-order valence-corrected chi connectivity index (χ2v) is 7.59. The van der Waals surface area contributed by atoms with Crippen molar-refractivity contribution in [2.75, 3.05) is 16.8 Å². The van der Waals surface area contributed by atoms with Crippen molar-refractivity contribution in [3.05, 3.63) is 59.7 Å². The number of para-hydroxylation sites is 1. The van der Waals surface area contributed by atoms with Crippen LogP contribution in [0.15, 0.2) is 48.5 Å². The van der Waals surface area contributed by atoms with Crippen LogP contribution in [-0.2, 0) is 11.2 Å². The van der Waals surface area contributed by atoms with Crippen molar-refractivity contribution in [3.63, 3.8) is 0 Å². The third-order valence-electron chi connectivity index (χ3n) is 5.70. The Balaban J connectivity index is 1.51. The molecule has 1 saturated carbocycles. The molecule has 2 aromatic carbocycles. The molecule has 27 heavy (non-hydrogen) atoms. The fraction of sp³-hybridized carbons (Fsp3) is 0.364. The average Bonchev–Trinajstić information content (AvgIpc) is 3.12. The number of amides is 2. The van der Waals surface area contributed by atoms with E-state index < -0.39 is 5.54 Å². The van der Waals surface area contributed by atoms with E-state index in [0.717, 1.165) is 31.4 Å². The van der Waals surface area contributed by atoms with Gasteiger partial charge in [-0.25, -0.2) is 0 Å². The maximum absolute atomic E-state index is 13.0. The number of nitrogens with zero attached hydrogens (tertiary/aromatic N) is 1. The zero-order valence-corrected chi connectivity index (χ0v) is 15.4. The van der Waals surface area contributed by atoms with E-state index in [-0.39, 0.29) is 11.8 Å². The first-order valence-electron chi connectivity index (χ1n) is 9.67. The van der Waals surface area contributed by atoms with Crippen LogP contribution in [0.25, 0.3) is 0 Å². The number of nitrogens with one attached hydrogen (secondary N) is 1. The molecule has 0 atom stereocenters. The van der Waals surface area contributed by atoms with Crippen molar-refractivity contribution in [3.8, 4) is 0 Å². The van der Waals surface area contributed by atoms with Gasteiger partial charge in [0.15, 0.2) is 0 Å². The van der Waals surface area contributed by atoms with Crippen LogP contribution in [0.3, 0.4) is 0 Å². The predicted molar refractivity (Wildman–Crippen MR) is 107 cm³/mol. The SMILES string of the molecule is NC1(C(=O)Nc2cccc(C(=O)N3CCc4ccccc43)c2)CCCCC1. The Morgan fingerprint density at radius 3 is 2.59 bits per heavy atom. The minimum absolute atomic E-state index is 0.0452. The maximum Gasteiger partial charge on any atom is 0.258 e. The van der Waals surface area contributed by atoms with Crippen molar-refractivity contribution in [2.45, 2.75) is 44.1 Å². The summed E-state index contributed by atoms with van der Waals surface area (Å²) >= 11 is 0. The minimum Gasteiger partial charge on any atom is -0.324 e. The molecule has 2 amide bonds. The third-order valence-corrected chi connectivity index (χ3v) is 5.70. The van der Waals surface area contributed by atoms with E-state index in [0.29, 0.717) is 30.6 Å². The summed E-state index contributed by atoms with van der Waals surface area (Å²) in [6, 6.07) is 15.1. The largest absolute Gasteiger partial charge is 0.324 e. The third kappa shape index (κ3) is 3.47. The molecule has 5 nitrogen and oxygen atoms in total. The lowest BCUT2D eigenvalue weighted by Gasteiger charge is -2.31. The highest BCUT2D eigenvalue weighted by Crippen LogP contribution is 2.30. The maximum atomic E-state index is 13.0. The van der Waals surface area contributed by atoms with Gasteiger partial charge in [0.05, 0.1) is 5.54 Å². The number of hydrogen-bond donors (Lipinski definition) is 2. The van der Waals surface area contributed by atoms with E-state index in [1.54, 1.807) is 24.3 Å². The van der Waals surface area contributed by atoms with E-state index in [2.05, 4.69) is 11.4 Å². The smallest absolute Gasteiger partial charge is 0.258 e. The van der Waals surface area contributed by atoms with Gasteiger partial charge in [-0.2, -0.15) is 0 Å². The van der Waals surface area contributed by atoms with Gasteiger partial charge < -0.3 is 16.0 Å². The molecule has 1 heterocycles. The zero-order valence-electron chi connectivity index (χ0n) is 15.4. The van der Waals surface area contributed by atoms with Gasteiger partial charge in [0.25, 0.3) is 5.91 Å². The number of carbonyl (C=O) groups is 2. The van der Waals surface area contributed by atoms with Gasteiger partial charge in [-0.05, 0) is 49.1 Å². The second kappa shape index (κ2) is 7.16. The molecule has 2 aliphatic rings. The van der Waals surface area contributed by atoms with Crippen LogP contribution in [0.4, 0.5) is 11.4 Å². The first-order valence-corrected chi connectivity index (χ1v) is 9.67. The first-order chi connectivity index (χ1) is 13.1. The highest BCUT2D eigenvalue weighted by Gasteiger charge is 2.35. The van der Waals surface area contributed by atoms with Crippen LogP contribution in [0, 0.1) is 0 Å². The second-order valence-electron chi connectivity index (χ2n) is 7.59. The lowest BCUT2D eigenvalue weighted by atomic mass is 9.82. The molecule has 0 bridgehead atoms. The average molecular weight is 363 g/mol. The van der Waals surface area contributed by atoms with E-state index >= 15 is 0 Å². The number of hydrogen-bond acceptors (Lipinski definition) is 3. The summed E-state index contributed by atoms with van der Waals surface area (Å²) in [5.74, 6) is -0.200. The Labute approximate surface area is 159 Å². The molecular weight excluding hydrogens is 338 g/mol. The van der Waals surface area contributed by atoms with Crippen LogP contribution < -0.4 is 16.0 Å². The van der Waals surface area contributed by atoms with Crippen molar-refractivity contribution in [1.29, 1.82) is 0 Å². The molecule has 1 aliphatic carbocycles. The number of anilines is 2. The van der Waals surface area contributed by atoms with Gasteiger partial charge in [-0.15, -0.1) is 0 Å². The predicted octanol–water partition coefficient (Wildman–Crippen LogP) is 3.49. The molecular formula is C22H25N3O2. The van der Waals surface area contributed by atoms with E-state index in [1.165, 1.54) is 5.56 Å². The molecule has 1 fully saturated rings. The molecule has 0 saturated heterocycles. The van der Waals surface area contributed by atoms with Crippen molar-refractivity contribution in [1.82, 2.24) is 0 Å². The highest BCUT2D eigenvalue weighted by atomic mass is 16.2. The molecule has 3 N–H and O–H groups in total. The normalized spacial score (nSPS) is 18.0. The summed E-state index contributed by atoms with van der Waals surface area (Å²) in [7, 11) is 0. The number of nitrogens with two attached hydrogens (primary N) is 1. The monoisotopic (exact) mass is 363 g/mol. The quantitative estimate of drug-likeness (QED) is 0.876. The molecule has 0 unspecified atom stereocenters. The summed E-state index contributed by atoms with van der Waals surface area (Å²) in [6.45, 7) is 0.681. The fourth-order valence-corrected chi connectivity index (χ4v) is 4.10. The minimum atomic E-state index is -0.799. The van der Waals surface area contributed by atoms with Crippen LogP contribution in [0.2, 0.25) is 0 Å². The van der Waals surface area contributed by atoms with E-state index in [9.17, 15) is 9.59 Å². The van der Waals surface area contributed by atoms with Gasteiger partial charge in [-0.3, -0.25) is 9.59 Å². The van der Waals surface area contributed by atoms with Gasteiger partial charge in [0.1, 0.15) is 0 Å². The topological polar surface area (TPSA) is 75.4 Å². The molecule has 4 rings (SSSR count). The van der Waals surface area contributed by atoms with E-state index in [4.69, 9.17) is 5.73 Å². The van der Waals surface area contributed by atoms with Gasteiger partial charge in [0.2, 0.25) is 5.91 Å². The molecule has 2 aromatic rings. The van der Waals surface area contributed by atoms with Crippen LogP contribution in [-0.4, -0.2) is 23.9 Å². The molecule has 0 radical (unpaired) electrons. The molecule has 0 aromatic heterocycles. The molecule has 5 heteroatoms. The molecule has 1 aliphatic heterocycles. The standard InChI is InChI=1S/C22H25N3O2/c23-22(12-4-1-5-13-22)21(27)24-18-9-6-8-17(15-18)20(26)25-14-11-16-7-2-3-10-19(16)25/h2-3,6-10,15H,1,4-5,11-14,23H2,(H,24,27). The van der Waals surface area contributed by atoms with E-state index in [1.807, 2.05) is 23.1 Å². The summed E-state index contributed by atoms with van der Waals surface area (Å²) in [6.07, 6.45) is 5.39. The van der Waals surface area contributed by atoms with Crippen molar-refractivity contribution >= 4 is 23.2 Å². The Hall–Kier alpha value is -2.66. The van der Waals surface area contributed by atoms with Crippen molar-refractivity contribution in [2.24, 2.45) is 5.73 Å². The Bertz CT molecular complexity index is 871. The van der Waals surface area contributed by atoms with Gasteiger partial charge in [-0.1, -0.05) is 43.5 Å². The summed E-state index contributed by atoms with van der Waals surface area (Å²) in [4.78, 5) is 27.5. The lowest BCUT2D eigenvalue weighted by molar-refractivity contribution is -0.122. The summed E-state index contributed by atoms with van der Waals surface area (Å²) in [5, 5.41) is 2.92. The molecule has 0 spiro atoms. The number of rotatable bonds is 3. The number of benzene rings is 2. The van der Waals surface area contributed by atoms with Crippen LogP contribution >= 0.6 is 0 Å². The highest BCUT2D eigenvalue weighted by molar-refractivity contribution is 6.08. The Kier molecular flexibility index (Phi) is 4.70. The fourth-order valence-electron chi connectivity index (χ4n) is 4.10. The van der Waals surface area contributed by atoms with Crippen molar-refractivity contribution < 1.29 is 9.59 Å². The van der Waals surface area contributed by atoms with Crippen LogP contribution in [0.1, 0.15) is 48.0 Å². The van der Waals surface area contributed by atoms with Crippen LogP contribution in [0.5, 0.6) is 0 Å².